The monoisotopic (exact) mass is 387 g/mol. The summed E-state index contributed by atoms with van der Waals surface area (Å²) < 4.78 is 11.5. The van der Waals surface area contributed by atoms with Gasteiger partial charge in [0.05, 0.1) is 18.3 Å². The highest BCUT2D eigenvalue weighted by Gasteiger charge is 2.21. The van der Waals surface area contributed by atoms with Gasteiger partial charge in [-0.1, -0.05) is 30.3 Å². The van der Waals surface area contributed by atoms with Crippen LogP contribution in [0.4, 0.5) is 0 Å². The topological polar surface area (TPSA) is 76.2 Å². The molecule has 0 aliphatic carbocycles. The zero-order chi connectivity index (χ0) is 19.6. The average molecular weight is 387 g/mol. The highest BCUT2D eigenvalue weighted by Crippen LogP contribution is 2.30. The Balaban J connectivity index is 1.17. The highest BCUT2D eigenvalue weighted by atomic mass is 16.6. The molecule has 0 spiro atoms. The van der Waals surface area contributed by atoms with Crippen LogP contribution in [0.5, 0.6) is 11.5 Å². The molecule has 1 aliphatic heterocycles. The molecule has 0 radical (unpaired) electrons. The number of fused-ring (bicyclic) bond motifs is 4. The number of nitrogens with zero attached hydrogens (tertiary/aromatic N) is 1. The van der Waals surface area contributed by atoms with Gasteiger partial charge in [-0.3, -0.25) is 9.78 Å². The molecule has 0 bridgehead atoms. The van der Waals surface area contributed by atoms with Crippen molar-refractivity contribution in [2.45, 2.75) is 18.9 Å². The predicted molar refractivity (Wildman–Crippen MR) is 111 cm³/mol. The van der Waals surface area contributed by atoms with E-state index in [1.54, 1.807) is 0 Å². The Morgan fingerprint density at radius 1 is 1.07 bits per heavy atom. The molecule has 2 N–H and O–H groups in total. The number of ether oxygens (including phenoxy) is 2. The Labute approximate surface area is 167 Å². The molecule has 146 valence electrons. The van der Waals surface area contributed by atoms with Crippen molar-refractivity contribution >= 4 is 27.7 Å². The maximum atomic E-state index is 12.3. The van der Waals surface area contributed by atoms with Crippen molar-refractivity contribution in [3.63, 3.8) is 0 Å². The Bertz CT molecular complexity index is 1180. The van der Waals surface area contributed by atoms with Crippen LogP contribution < -0.4 is 14.8 Å². The number of H-pyrrole nitrogens is 1. The van der Waals surface area contributed by atoms with Crippen LogP contribution in [0.1, 0.15) is 12.1 Å². The average Bonchev–Trinajstić information content (AvgIpc) is 3.14. The van der Waals surface area contributed by atoms with Crippen LogP contribution in [-0.4, -0.2) is 35.1 Å². The lowest BCUT2D eigenvalue weighted by molar-refractivity contribution is -0.121. The Morgan fingerprint density at radius 2 is 1.90 bits per heavy atom. The molecule has 0 saturated carbocycles. The van der Waals surface area contributed by atoms with Crippen LogP contribution in [0.25, 0.3) is 21.8 Å². The second kappa shape index (κ2) is 7.47. The van der Waals surface area contributed by atoms with Gasteiger partial charge in [0.1, 0.15) is 12.7 Å². The molecule has 0 fully saturated rings. The molecule has 29 heavy (non-hydrogen) atoms. The number of hydrogen-bond acceptors (Lipinski definition) is 4. The molecule has 3 heterocycles. The van der Waals surface area contributed by atoms with E-state index in [1.165, 1.54) is 5.39 Å². The molecule has 2 aromatic carbocycles. The molecular formula is C23H21N3O3. The summed E-state index contributed by atoms with van der Waals surface area (Å²) in [6, 6.07) is 17.8. The summed E-state index contributed by atoms with van der Waals surface area (Å²) in [5, 5.41) is 5.25. The van der Waals surface area contributed by atoms with Crippen LogP contribution in [0.3, 0.4) is 0 Å². The first-order chi connectivity index (χ1) is 14.3. The lowest BCUT2D eigenvalue weighted by atomic mass is 10.1. The first-order valence-electron chi connectivity index (χ1n) is 9.77. The van der Waals surface area contributed by atoms with Crippen molar-refractivity contribution in [3.8, 4) is 11.5 Å². The molecule has 1 unspecified atom stereocenters. The second-order valence-electron chi connectivity index (χ2n) is 7.19. The lowest BCUT2D eigenvalue weighted by Crippen LogP contribution is -2.40. The summed E-state index contributed by atoms with van der Waals surface area (Å²) in [7, 11) is 0. The summed E-state index contributed by atoms with van der Waals surface area (Å²) in [6.07, 6.45) is 2.62. The Morgan fingerprint density at radius 3 is 2.83 bits per heavy atom. The number of carbonyl (C=O) groups is 1. The van der Waals surface area contributed by atoms with E-state index < -0.39 is 0 Å². The third kappa shape index (κ3) is 3.61. The fourth-order valence-corrected chi connectivity index (χ4v) is 3.65. The number of para-hydroxylation sites is 3. The fourth-order valence-electron chi connectivity index (χ4n) is 3.65. The number of nitrogens with one attached hydrogen (secondary N) is 2. The second-order valence-corrected chi connectivity index (χ2v) is 7.19. The zero-order valence-electron chi connectivity index (χ0n) is 15.9. The molecule has 1 amide bonds. The minimum atomic E-state index is -0.186. The number of pyridine rings is 1. The Hall–Kier alpha value is -3.54. The van der Waals surface area contributed by atoms with Gasteiger partial charge in [0, 0.05) is 28.4 Å². The van der Waals surface area contributed by atoms with Gasteiger partial charge in [-0.15, -0.1) is 0 Å². The number of amides is 1. The van der Waals surface area contributed by atoms with Gasteiger partial charge in [0.15, 0.2) is 11.5 Å². The van der Waals surface area contributed by atoms with Gasteiger partial charge < -0.3 is 19.8 Å². The van der Waals surface area contributed by atoms with Gasteiger partial charge in [-0.2, -0.15) is 0 Å². The molecule has 4 aromatic rings. The summed E-state index contributed by atoms with van der Waals surface area (Å²) >= 11 is 0. The van der Waals surface area contributed by atoms with E-state index in [1.807, 2.05) is 42.6 Å². The van der Waals surface area contributed by atoms with Gasteiger partial charge in [-0.05, 0) is 30.7 Å². The molecule has 6 nitrogen and oxygen atoms in total. The van der Waals surface area contributed by atoms with Crippen LogP contribution in [-0.2, 0) is 11.2 Å². The van der Waals surface area contributed by atoms with E-state index in [0.29, 0.717) is 31.7 Å². The van der Waals surface area contributed by atoms with E-state index >= 15 is 0 Å². The van der Waals surface area contributed by atoms with Gasteiger partial charge in [-0.25, -0.2) is 0 Å². The molecular weight excluding hydrogens is 366 g/mol. The quantitative estimate of drug-likeness (QED) is 0.549. The van der Waals surface area contributed by atoms with Gasteiger partial charge in [0.25, 0.3) is 0 Å². The van der Waals surface area contributed by atoms with Crippen molar-refractivity contribution in [2.75, 3.05) is 13.2 Å². The van der Waals surface area contributed by atoms with Crippen LogP contribution in [0.15, 0.2) is 60.8 Å². The van der Waals surface area contributed by atoms with Crippen molar-refractivity contribution in [1.29, 1.82) is 0 Å². The maximum absolute atomic E-state index is 12.3. The number of aromatic nitrogens is 2. The van der Waals surface area contributed by atoms with E-state index in [0.717, 1.165) is 27.9 Å². The first-order valence-corrected chi connectivity index (χ1v) is 9.77. The number of hydrogen-bond donors (Lipinski definition) is 2. The van der Waals surface area contributed by atoms with Gasteiger partial charge in [0.2, 0.25) is 5.91 Å². The van der Waals surface area contributed by atoms with Crippen molar-refractivity contribution in [3.05, 3.63) is 66.5 Å². The van der Waals surface area contributed by atoms with Crippen molar-refractivity contribution in [2.24, 2.45) is 0 Å². The van der Waals surface area contributed by atoms with Crippen LogP contribution in [0, 0.1) is 0 Å². The van der Waals surface area contributed by atoms with Crippen LogP contribution >= 0.6 is 0 Å². The zero-order valence-corrected chi connectivity index (χ0v) is 15.9. The number of carbonyl (C=O) groups excluding carboxylic acids is 1. The van der Waals surface area contributed by atoms with Crippen molar-refractivity contribution in [1.82, 2.24) is 15.3 Å². The summed E-state index contributed by atoms with van der Waals surface area (Å²) in [4.78, 5) is 20.1. The third-order valence-corrected chi connectivity index (χ3v) is 5.15. The Kier molecular flexibility index (Phi) is 4.52. The number of aromatic amines is 1. The first kappa shape index (κ1) is 17.6. The third-order valence-electron chi connectivity index (χ3n) is 5.15. The minimum Gasteiger partial charge on any atom is -0.486 e. The normalized spacial score (nSPS) is 15.5. The largest absolute Gasteiger partial charge is 0.486 e. The van der Waals surface area contributed by atoms with E-state index in [9.17, 15) is 4.79 Å². The van der Waals surface area contributed by atoms with Crippen LogP contribution in [0.2, 0.25) is 0 Å². The summed E-state index contributed by atoms with van der Waals surface area (Å²) in [5.74, 6) is 1.44. The molecule has 2 aromatic heterocycles. The number of benzene rings is 2. The molecule has 0 saturated heterocycles. The van der Waals surface area contributed by atoms with E-state index in [4.69, 9.17) is 9.47 Å². The lowest BCUT2D eigenvalue weighted by Gasteiger charge is -2.26. The maximum Gasteiger partial charge on any atom is 0.220 e. The standard InChI is InChI=1S/C23H21N3O3/c27-23(25-12-16-14-28-21-7-3-4-8-22(21)29-16)10-9-15-11-18-17-5-1-2-6-19(17)26-20(18)13-24-15/h1-8,11,13,16,26H,9-10,12,14H2,(H,25,27). The minimum absolute atomic E-state index is 0.0201. The number of aryl methyl sites for hydroxylation is 1. The van der Waals surface area contributed by atoms with E-state index in [2.05, 4.69) is 33.5 Å². The summed E-state index contributed by atoms with van der Waals surface area (Å²) in [5.41, 5.74) is 3.01. The number of rotatable bonds is 5. The molecule has 1 atom stereocenters. The van der Waals surface area contributed by atoms with Crippen molar-refractivity contribution < 1.29 is 14.3 Å². The molecule has 6 heteroatoms. The molecule has 5 rings (SSSR count). The summed E-state index contributed by atoms with van der Waals surface area (Å²) in [6.45, 7) is 0.845. The molecule has 1 aliphatic rings. The SMILES string of the molecule is O=C(CCc1cc2c(cn1)[nH]c1ccccc12)NCC1COc2ccccc2O1. The predicted octanol–water partition coefficient (Wildman–Crippen LogP) is 3.60. The highest BCUT2D eigenvalue weighted by molar-refractivity contribution is 6.06. The van der Waals surface area contributed by atoms with E-state index in [-0.39, 0.29) is 12.0 Å². The fraction of sp³-hybridized carbons (Fsp3) is 0.217. The van der Waals surface area contributed by atoms with Gasteiger partial charge >= 0.3 is 0 Å². The smallest absolute Gasteiger partial charge is 0.220 e.